The number of allylic oxidation sites excluding steroid dienone is 6. The van der Waals surface area contributed by atoms with Crippen LogP contribution in [0.4, 0.5) is 4.79 Å². The minimum absolute atomic E-state index is 0.00856. The van der Waals surface area contributed by atoms with E-state index in [4.69, 9.17) is 38.3 Å². The van der Waals surface area contributed by atoms with Crippen molar-refractivity contribution >= 4 is 35.4 Å². The molecule has 73 heavy (non-hydrogen) atoms. The van der Waals surface area contributed by atoms with Crippen molar-refractivity contribution in [1.29, 1.82) is 0 Å². The number of hydrogen-bond acceptors (Lipinski definition) is 17. The van der Waals surface area contributed by atoms with Crippen LogP contribution >= 0.6 is 0 Å². The minimum atomic E-state index is -2.47. The molecule has 1 saturated carbocycles. The van der Waals surface area contributed by atoms with Gasteiger partial charge in [0.2, 0.25) is 5.79 Å². The molecule has 3 aliphatic heterocycles. The van der Waals surface area contributed by atoms with Crippen LogP contribution in [0.1, 0.15) is 126 Å². The zero-order chi connectivity index (χ0) is 54.2. The molecule has 0 aromatic heterocycles. The number of rotatable bonds is 10. The van der Waals surface area contributed by atoms with Crippen molar-refractivity contribution in [2.24, 2.45) is 35.5 Å². The first kappa shape index (κ1) is 61.4. The summed E-state index contributed by atoms with van der Waals surface area (Å²) in [5.41, 5.74) is 1.21. The first-order valence-electron chi connectivity index (χ1n) is 26.2. The predicted molar refractivity (Wildman–Crippen MR) is 268 cm³/mol. The number of nitrogens with zero attached hydrogens (tertiary/aromatic N) is 1. The van der Waals surface area contributed by atoms with E-state index >= 15 is 0 Å². The van der Waals surface area contributed by atoms with E-state index in [2.05, 4.69) is 0 Å². The van der Waals surface area contributed by atoms with Gasteiger partial charge in [0.05, 0.1) is 24.9 Å². The molecule has 3 fully saturated rings. The highest BCUT2D eigenvalue weighted by Gasteiger charge is 2.53. The third kappa shape index (κ3) is 17.2. The minimum Gasteiger partial charge on any atom is -0.460 e. The summed E-state index contributed by atoms with van der Waals surface area (Å²) in [6, 6.07) is -1.20. The van der Waals surface area contributed by atoms with Gasteiger partial charge in [0.25, 0.3) is 11.7 Å². The number of hydrogen-bond donors (Lipinski definition) is 4. The summed E-state index contributed by atoms with van der Waals surface area (Å²) in [7, 11) is 4.41. The molecule has 0 radical (unpaired) electrons. The van der Waals surface area contributed by atoms with Gasteiger partial charge in [-0.1, -0.05) is 71.1 Å². The third-order valence-corrected chi connectivity index (χ3v) is 15.3. The van der Waals surface area contributed by atoms with Crippen molar-refractivity contribution in [2.75, 3.05) is 41.1 Å². The highest BCUT2D eigenvalue weighted by atomic mass is 16.7. The lowest BCUT2D eigenvalue weighted by Gasteiger charge is -2.42. The van der Waals surface area contributed by atoms with Crippen molar-refractivity contribution in [2.45, 2.75) is 186 Å². The highest BCUT2D eigenvalue weighted by Crippen LogP contribution is 2.38. The fraction of sp³-hybridized carbons (Fsp3) is 0.745. The molecule has 0 aromatic carbocycles. The Hall–Kier alpha value is -4.14. The van der Waals surface area contributed by atoms with Crippen molar-refractivity contribution < 1.29 is 82.4 Å². The smallest absolute Gasteiger partial charge is 0.460 e. The molecule has 4 aliphatic rings. The fourth-order valence-corrected chi connectivity index (χ4v) is 10.6. The highest BCUT2D eigenvalue weighted by molar-refractivity contribution is 6.39. The van der Waals surface area contributed by atoms with Crippen molar-refractivity contribution in [1.82, 2.24) is 4.90 Å². The van der Waals surface area contributed by atoms with Crippen LogP contribution < -0.4 is 0 Å². The van der Waals surface area contributed by atoms with E-state index in [1.807, 2.05) is 51.2 Å². The first-order chi connectivity index (χ1) is 34.6. The summed E-state index contributed by atoms with van der Waals surface area (Å²) in [6.45, 7) is 11.5. The number of aliphatic hydroxyl groups is 4. The van der Waals surface area contributed by atoms with Gasteiger partial charge in [0.1, 0.15) is 49.0 Å². The van der Waals surface area contributed by atoms with Crippen LogP contribution in [0.3, 0.4) is 0 Å². The molecule has 0 spiro atoms. The monoisotopic (exact) mass is 1030 g/mol. The quantitative estimate of drug-likeness (QED) is 0.116. The maximum atomic E-state index is 14.5. The number of amides is 1. The molecule has 16 atom stereocenters. The number of piperidine rings is 1. The molecular formula is C55H85NO17. The van der Waals surface area contributed by atoms with Gasteiger partial charge in [-0.2, -0.15) is 0 Å². The van der Waals surface area contributed by atoms with Crippen LogP contribution in [-0.2, 0) is 57.1 Å². The topological polar surface area (TPSA) is 251 Å². The van der Waals surface area contributed by atoms with Crippen LogP contribution in [-0.4, -0.2) is 162 Å². The standard InChI is InChI=1S/C55H85NO17/c1-32-16-12-11-13-17-33(2)45(67-8)28-41-21-19-38(7)55(66,73-41)51(62)52(63)56-23-15-14-18-42(56)53(64)71-46(29-43(59)34(3)25-37(6)49(61)50(69-10)48(60)36(5)24-32)35(4)26-39-20-22-44(47(27-39)68-9)72-54(65)70-31-40(58)30-57/h11-13,16-17,25,32,34-36,38-42,44-47,49-50,57-58,61,66H,14-15,18-24,26-31H2,1-10H3/b13-11?,16-12+,33-17?,37-25+/t32-,34-,35-,36-,38-,39+,40+,41+,42+,44-,45+,46+,47-,49-,50+,55-/m1/s1. The SMILES string of the molecule is CO[C@H]1C[C@@H]2CC[C@@H](C)[C@@](O)(O2)C(=O)C(=O)N2CCCC[C@H]2C(=O)O[C@H]([C@H](C)C[C@@H]2CC[C@@H](OC(=O)OC[C@@H](O)CO)[C@H](OC)C2)CC(=O)[C@H](C)/C=C(\C)[C@@H](O)[C@@H](OC)C(=O)[C@H](C)C[C@H](C)/C=C/C=CC=C1C. The normalized spacial score (nSPS) is 36.4. The Morgan fingerprint density at radius 3 is 2.27 bits per heavy atom. The van der Waals surface area contributed by atoms with Gasteiger partial charge < -0.3 is 58.5 Å². The summed E-state index contributed by atoms with van der Waals surface area (Å²) >= 11 is 0. The molecule has 18 heteroatoms. The number of fused-ring (bicyclic) bond motifs is 3. The van der Waals surface area contributed by atoms with Crippen LogP contribution in [0.2, 0.25) is 0 Å². The molecule has 3 heterocycles. The molecule has 2 saturated heterocycles. The molecule has 1 amide bonds. The average Bonchev–Trinajstić information content (AvgIpc) is 3.37. The fourth-order valence-electron chi connectivity index (χ4n) is 10.6. The Morgan fingerprint density at radius 1 is 0.877 bits per heavy atom. The largest absolute Gasteiger partial charge is 0.508 e. The summed E-state index contributed by atoms with van der Waals surface area (Å²) < 4.78 is 40.0. The molecule has 2 bridgehead atoms. The summed E-state index contributed by atoms with van der Waals surface area (Å²) in [5.74, 6) is -8.66. The van der Waals surface area contributed by atoms with Crippen molar-refractivity contribution in [3.05, 3.63) is 47.6 Å². The van der Waals surface area contributed by atoms with Crippen LogP contribution in [0.15, 0.2) is 47.6 Å². The number of aliphatic hydroxyl groups excluding tert-OH is 3. The van der Waals surface area contributed by atoms with E-state index in [9.17, 15) is 44.1 Å². The number of ether oxygens (including phenoxy) is 7. The zero-order valence-corrected chi connectivity index (χ0v) is 44.8. The van der Waals surface area contributed by atoms with E-state index in [0.29, 0.717) is 63.4 Å². The molecule has 0 aromatic rings. The van der Waals surface area contributed by atoms with Gasteiger partial charge in [-0.25, -0.2) is 9.59 Å². The second-order valence-corrected chi connectivity index (χ2v) is 21.1. The molecule has 412 valence electrons. The Bertz CT molecular complexity index is 1980. The van der Waals surface area contributed by atoms with Gasteiger partial charge >= 0.3 is 12.1 Å². The molecule has 4 N–H and O–H groups in total. The van der Waals surface area contributed by atoms with Crippen LogP contribution in [0, 0.1) is 35.5 Å². The predicted octanol–water partition coefficient (Wildman–Crippen LogP) is 5.69. The van der Waals surface area contributed by atoms with E-state index in [0.717, 1.165) is 10.5 Å². The second-order valence-electron chi connectivity index (χ2n) is 21.1. The second kappa shape index (κ2) is 29.2. The number of methoxy groups -OCH3 is 3. The molecule has 18 nitrogen and oxygen atoms in total. The molecule has 0 unspecified atom stereocenters. The Morgan fingerprint density at radius 2 is 1.60 bits per heavy atom. The van der Waals surface area contributed by atoms with Crippen LogP contribution in [0.5, 0.6) is 0 Å². The van der Waals surface area contributed by atoms with Crippen molar-refractivity contribution in [3.63, 3.8) is 0 Å². The molecule has 4 rings (SSSR count). The number of Topliss-reactive ketones (excluding diaryl/α,β-unsaturated/α-hetero) is 3. The third-order valence-electron chi connectivity index (χ3n) is 15.3. The summed E-state index contributed by atoms with van der Waals surface area (Å²) in [4.78, 5) is 84.8. The first-order valence-corrected chi connectivity index (χ1v) is 26.2. The van der Waals surface area contributed by atoms with Crippen molar-refractivity contribution in [3.8, 4) is 0 Å². The average molecular weight is 1030 g/mol. The molecule has 1 aliphatic carbocycles. The van der Waals surface area contributed by atoms with Gasteiger partial charge in [0, 0.05) is 58.5 Å². The van der Waals surface area contributed by atoms with Gasteiger partial charge in [-0.3, -0.25) is 19.2 Å². The van der Waals surface area contributed by atoms with Gasteiger partial charge in [-0.05, 0) is 107 Å². The Kier molecular flexibility index (Phi) is 24.6. The number of carbonyl (C=O) groups is 6. The number of cyclic esters (lactones) is 1. The lowest BCUT2D eigenvalue weighted by Crippen LogP contribution is -2.61. The Balaban J connectivity index is 1.67. The van der Waals surface area contributed by atoms with E-state index in [-0.39, 0.29) is 49.2 Å². The maximum absolute atomic E-state index is 14.5. The lowest BCUT2D eigenvalue weighted by molar-refractivity contribution is -0.265. The Labute approximate surface area is 431 Å². The van der Waals surface area contributed by atoms with E-state index in [1.54, 1.807) is 40.9 Å². The van der Waals surface area contributed by atoms with E-state index < -0.39 is 121 Å². The summed E-state index contributed by atoms with van der Waals surface area (Å²) in [6.07, 6.45) is 7.39. The van der Waals surface area contributed by atoms with Gasteiger partial charge in [0.15, 0.2) is 5.78 Å². The number of esters is 1. The number of ketones is 3. The summed E-state index contributed by atoms with van der Waals surface area (Å²) in [5, 5.41) is 42.2. The maximum Gasteiger partial charge on any atom is 0.508 e. The molecular weight excluding hydrogens is 947 g/mol. The lowest BCUT2D eigenvalue weighted by atomic mass is 9.78. The number of carbonyl (C=O) groups excluding carboxylic acids is 6. The van der Waals surface area contributed by atoms with Crippen LogP contribution in [0.25, 0.3) is 0 Å². The zero-order valence-electron chi connectivity index (χ0n) is 44.8. The van der Waals surface area contributed by atoms with Gasteiger partial charge in [-0.15, -0.1) is 0 Å². The van der Waals surface area contributed by atoms with E-state index in [1.165, 1.54) is 14.2 Å².